The third kappa shape index (κ3) is 7.66. The molecule has 106 valence electrons. The van der Waals surface area contributed by atoms with Crippen LogP contribution < -0.4 is 10.1 Å². The molecule has 1 aromatic carbocycles. The molecule has 0 spiro atoms. The lowest BCUT2D eigenvalue weighted by molar-refractivity contribution is -0.126. The molecule has 0 atom stereocenters. The van der Waals surface area contributed by atoms with E-state index in [1.807, 2.05) is 0 Å². The Morgan fingerprint density at radius 1 is 1.21 bits per heavy atom. The average Bonchev–Trinajstić information content (AvgIpc) is 2.42. The highest BCUT2D eigenvalue weighted by atomic mass is 35.5. The zero-order valence-corrected chi connectivity index (χ0v) is 11.6. The highest BCUT2D eigenvalue weighted by Gasteiger charge is 2.00. The Morgan fingerprint density at radius 3 is 2.63 bits per heavy atom. The number of ether oxygens (including phenoxy) is 3. The van der Waals surface area contributed by atoms with E-state index in [0.29, 0.717) is 31.4 Å². The van der Waals surface area contributed by atoms with Crippen molar-refractivity contribution in [2.45, 2.75) is 0 Å². The minimum absolute atomic E-state index is 0.0320. The maximum atomic E-state index is 11.3. The molecule has 0 aromatic heterocycles. The summed E-state index contributed by atoms with van der Waals surface area (Å²) < 4.78 is 15.3. The van der Waals surface area contributed by atoms with Gasteiger partial charge in [0.15, 0.2) is 0 Å². The molecular formula is C13H18ClNO4. The van der Waals surface area contributed by atoms with Crippen LogP contribution in [0.1, 0.15) is 0 Å². The fourth-order valence-electron chi connectivity index (χ4n) is 1.25. The number of amides is 1. The Morgan fingerprint density at radius 2 is 1.95 bits per heavy atom. The maximum absolute atomic E-state index is 11.3. The average molecular weight is 288 g/mol. The molecule has 0 unspecified atom stereocenters. The van der Waals surface area contributed by atoms with Crippen molar-refractivity contribution < 1.29 is 19.0 Å². The summed E-state index contributed by atoms with van der Waals surface area (Å²) in [5, 5.41) is 3.35. The fourth-order valence-corrected chi connectivity index (χ4v) is 1.37. The second-order valence-electron chi connectivity index (χ2n) is 3.70. The summed E-state index contributed by atoms with van der Waals surface area (Å²) in [6.07, 6.45) is 0. The summed E-state index contributed by atoms with van der Waals surface area (Å²) >= 11 is 5.75. The SMILES string of the molecule is COCCOCC(=O)NCCOc1ccc(Cl)cc1. The van der Waals surface area contributed by atoms with Gasteiger partial charge in [-0.1, -0.05) is 11.6 Å². The molecule has 19 heavy (non-hydrogen) atoms. The van der Waals surface area contributed by atoms with E-state index in [1.165, 1.54) is 0 Å². The monoisotopic (exact) mass is 287 g/mol. The second-order valence-corrected chi connectivity index (χ2v) is 4.13. The van der Waals surface area contributed by atoms with E-state index in [0.717, 1.165) is 5.75 Å². The van der Waals surface area contributed by atoms with Crippen molar-refractivity contribution in [2.75, 3.05) is 40.1 Å². The molecule has 1 rings (SSSR count). The number of carbonyl (C=O) groups is 1. The Bertz CT molecular complexity index is 369. The number of nitrogens with one attached hydrogen (secondary N) is 1. The molecule has 0 fully saturated rings. The minimum Gasteiger partial charge on any atom is -0.492 e. The van der Waals surface area contributed by atoms with Crippen molar-refractivity contribution >= 4 is 17.5 Å². The van der Waals surface area contributed by atoms with Crippen LogP contribution in [0.4, 0.5) is 0 Å². The summed E-state index contributed by atoms with van der Waals surface area (Å²) in [6, 6.07) is 7.05. The number of hydrogen-bond donors (Lipinski definition) is 1. The predicted octanol–water partition coefficient (Wildman–Crippen LogP) is 1.50. The summed E-state index contributed by atoms with van der Waals surface area (Å²) in [5.41, 5.74) is 0. The summed E-state index contributed by atoms with van der Waals surface area (Å²) in [7, 11) is 1.58. The Kier molecular flexibility index (Phi) is 7.97. The topological polar surface area (TPSA) is 56.8 Å². The molecule has 0 radical (unpaired) electrons. The number of hydrogen-bond acceptors (Lipinski definition) is 4. The van der Waals surface area contributed by atoms with Crippen molar-refractivity contribution in [3.8, 4) is 5.75 Å². The van der Waals surface area contributed by atoms with Crippen LogP contribution in [0.2, 0.25) is 5.02 Å². The quantitative estimate of drug-likeness (QED) is 0.699. The third-order valence-electron chi connectivity index (χ3n) is 2.17. The van der Waals surface area contributed by atoms with Crippen LogP contribution >= 0.6 is 11.6 Å². The first kappa shape index (κ1) is 15.8. The van der Waals surface area contributed by atoms with Gasteiger partial charge in [-0.25, -0.2) is 0 Å². The van der Waals surface area contributed by atoms with Crippen molar-refractivity contribution in [3.05, 3.63) is 29.3 Å². The molecule has 5 nitrogen and oxygen atoms in total. The van der Waals surface area contributed by atoms with Crippen LogP contribution in [0.5, 0.6) is 5.75 Å². The summed E-state index contributed by atoms with van der Waals surface area (Å²) in [6.45, 7) is 1.74. The van der Waals surface area contributed by atoms with Crippen LogP contribution in [0.25, 0.3) is 0 Å². The molecule has 6 heteroatoms. The van der Waals surface area contributed by atoms with Gasteiger partial charge in [-0.05, 0) is 24.3 Å². The molecule has 1 N–H and O–H groups in total. The van der Waals surface area contributed by atoms with Gasteiger partial charge in [0.25, 0.3) is 0 Å². The van der Waals surface area contributed by atoms with Gasteiger partial charge in [0.05, 0.1) is 19.8 Å². The minimum atomic E-state index is -0.171. The lowest BCUT2D eigenvalue weighted by Gasteiger charge is -2.08. The largest absolute Gasteiger partial charge is 0.492 e. The lowest BCUT2D eigenvalue weighted by atomic mass is 10.3. The van der Waals surface area contributed by atoms with Crippen molar-refractivity contribution in [1.82, 2.24) is 5.32 Å². The molecule has 0 aliphatic carbocycles. The molecule has 0 aliphatic rings. The highest BCUT2D eigenvalue weighted by molar-refractivity contribution is 6.30. The first-order valence-corrected chi connectivity index (χ1v) is 6.32. The molecule has 0 saturated carbocycles. The van der Waals surface area contributed by atoms with Gasteiger partial charge in [0, 0.05) is 12.1 Å². The Labute approximate surface area is 117 Å². The zero-order chi connectivity index (χ0) is 13.9. The molecule has 0 bridgehead atoms. The van der Waals surface area contributed by atoms with E-state index in [-0.39, 0.29) is 12.5 Å². The van der Waals surface area contributed by atoms with Crippen LogP contribution in [0, 0.1) is 0 Å². The van der Waals surface area contributed by atoms with Crippen LogP contribution in [0.3, 0.4) is 0 Å². The van der Waals surface area contributed by atoms with E-state index < -0.39 is 0 Å². The smallest absolute Gasteiger partial charge is 0.246 e. The standard InChI is InChI=1S/C13H18ClNO4/c1-17-8-9-18-10-13(16)15-6-7-19-12-4-2-11(14)3-5-12/h2-5H,6-10H2,1H3,(H,15,16). The predicted molar refractivity (Wildman–Crippen MR) is 72.7 cm³/mol. The van der Waals surface area contributed by atoms with Gasteiger partial charge in [-0.3, -0.25) is 4.79 Å². The highest BCUT2D eigenvalue weighted by Crippen LogP contribution is 2.14. The Balaban J connectivity index is 2.03. The Hall–Kier alpha value is -1.30. The van der Waals surface area contributed by atoms with E-state index >= 15 is 0 Å². The summed E-state index contributed by atoms with van der Waals surface area (Å²) in [4.78, 5) is 11.3. The normalized spacial score (nSPS) is 10.2. The van der Waals surface area contributed by atoms with Gasteiger partial charge in [0.2, 0.25) is 5.91 Å². The first-order valence-electron chi connectivity index (χ1n) is 5.94. The zero-order valence-electron chi connectivity index (χ0n) is 10.9. The first-order chi connectivity index (χ1) is 9.22. The molecule has 1 amide bonds. The van der Waals surface area contributed by atoms with Gasteiger partial charge in [-0.2, -0.15) is 0 Å². The van der Waals surface area contributed by atoms with Gasteiger partial charge in [-0.15, -0.1) is 0 Å². The van der Waals surface area contributed by atoms with Gasteiger partial charge in [0.1, 0.15) is 19.0 Å². The van der Waals surface area contributed by atoms with Gasteiger partial charge >= 0.3 is 0 Å². The van der Waals surface area contributed by atoms with E-state index in [2.05, 4.69) is 5.32 Å². The number of methoxy groups -OCH3 is 1. The van der Waals surface area contributed by atoms with E-state index in [1.54, 1.807) is 31.4 Å². The second kappa shape index (κ2) is 9.61. The van der Waals surface area contributed by atoms with E-state index in [9.17, 15) is 4.79 Å². The molecule has 1 aromatic rings. The fraction of sp³-hybridized carbons (Fsp3) is 0.462. The molecule has 0 aliphatic heterocycles. The maximum Gasteiger partial charge on any atom is 0.246 e. The number of halogens is 1. The molecular weight excluding hydrogens is 270 g/mol. The van der Waals surface area contributed by atoms with E-state index in [4.69, 9.17) is 25.8 Å². The number of benzene rings is 1. The number of carbonyl (C=O) groups excluding carboxylic acids is 1. The summed E-state index contributed by atoms with van der Waals surface area (Å²) in [5.74, 6) is 0.547. The van der Waals surface area contributed by atoms with Crippen LogP contribution in [0.15, 0.2) is 24.3 Å². The van der Waals surface area contributed by atoms with Crippen LogP contribution in [-0.2, 0) is 14.3 Å². The lowest BCUT2D eigenvalue weighted by Crippen LogP contribution is -2.31. The van der Waals surface area contributed by atoms with Crippen molar-refractivity contribution in [2.24, 2.45) is 0 Å². The number of rotatable bonds is 9. The molecule has 0 saturated heterocycles. The van der Waals surface area contributed by atoms with Crippen LogP contribution in [-0.4, -0.2) is 46.0 Å². The molecule has 0 heterocycles. The van der Waals surface area contributed by atoms with Crippen molar-refractivity contribution in [1.29, 1.82) is 0 Å². The third-order valence-corrected chi connectivity index (χ3v) is 2.42. The van der Waals surface area contributed by atoms with Gasteiger partial charge < -0.3 is 19.5 Å². The van der Waals surface area contributed by atoms with Crippen molar-refractivity contribution in [3.63, 3.8) is 0 Å².